The molecule has 3 aromatic rings. The highest BCUT2D eigenvalue weighted by molar-refractivity contribution is 7.91. The Morgan fingerprint density at radius 2 is 1.96 bits per heavy atom. The van der Waals surface area contributed by atoms with Crippen LogP contribution in [0.3, 0.4) is 0 Å². The van der Waals surface area contributed by atoms with Crippen molar-refractivity contribution < 1.29 is 13.2 Å². The molecule has 0 spiro atoms. The monoisotopic (exact) mass is 342 g/mol. The standard InChI is InChI=1S/C18H18N2O3S/c1-18(8-9-24(22,23)11-18)20-17(21)16-10-14-13-5-3-2-4-12(13)6-7-15(14)19-16/h2-7,10,19H,8-9,11H2,1H3,(H,20,21)/t18-/m0/s1. The normalized spacial score (nSPS) is 22.9. The summed E-state index contributed by atoms with van der Waals surface area (Å²) in [5, 5.41) is 6.07. The molecule has 0 radical (unpaired) electrons. The molecule has 0 saturated carbocycles. The highest BCUT2D eigenvalue weighted by Crippen LogP contribution is 2.27. The molecule has 24 heavy (non-hydrogen) atoms. The highest BCUT2D eigenvalue weighted by atomic mass is 32.2. The van der Waals surface area contributed by atoms with Crippen LogP contribution in [-0.4, -0.2) is 36.4 Å². The second-order valence-electron chi connectivity index (χ2n) is 6.79. The Hall–Kier alpha value is -2.34. The molecule has 1 saturated heterocycles. The van der Waals surface area contributed by atoms with E-state index in [0.717, 1.165) is 21.7 Å². The Morgan fingerprint density at radius 1 is 1.17 bits per heavy atom. The molecule has 2 heterocycles. The SMILES string of the molecule is C[C@]1(NC(=O)c2cc3c(ccc4ccccc43)[nH]2)CCS(=O)(=O)C1. The van der Waals surface area contributed by atoms with Crippen molar-refractivity contribution in [3.63, 3.8) is 0 Å². The van der Waals surface area contributed by atoms with E-state index < -0.39 is 15.4 Å². The van der Waals surface area contributed by atoms with E-state index in [0.29, 0.717) is 12.1 Å². The number of aromatic amines is 1. The molecule has 1 atom stereocenters. The van der Waals surface area contributed by atoms with E-state index in [1.807, 2.05) is 42.5 Å². The molecule has 0 bridgehead atoms. The van der Waals surface area contributed by atoms with Crippen molar-refractivity contribution >= 4 is 37.4 Å². The van der Waals surface area contributed by atoms with Crippen LogP contribution in [0, 0.1) is 0 Å². The zero-order chi connectivity index (χ0) is 16.9. The number of hydrogen-bond acceptors (Lipinski definition) is 3. The second kappa shape index (κ2) is 5.08. The summed E-state index contributed by atoms with van der Waals surface area (Å²) < 4.78 is 23.4. The van der Waals surface area contributed by atoms with Gasteiger partial charge in [-0.15, -0.1) is 0 Å². The number of aromatic nitrogens is 1. The van der Waals surface area contributed by atoms with Gasteiger partial charge in [-0.2, -0.15) is 0 Å². The number of hydrogen-bond donors (Lipinski definition) is 2. The third kappa shape index (κ3) is 2.57. The fraction of sp³-hybridized carbons (Fsp3) is 0.278. The molecule has 2 N–H and O–H groups in total. The summed E-state index contributed by atoms with van der Waals surface area (Å²) in [7, 11) is -3.06. The van der Waals surface area contributed by atoms with Crippen LogP contribution in [0.4, 0.5) is 0 Å². The Kier molecular flexibility index (Phi) is 3.22. The first-order valence-corrected chi connectivity index (χ1v) is 9.71. The van der Waals surface area contributed by atoms with Crippen molar-refractivity contribution in [1.29, 1.82) is 0 Å². The molecule has 1 fully saturated rings. The van der Waals surface area contributed by atoms with Crippen molar-refractivity contribution in [2.24, 2.45) is 0 Å². The molecule has 5 nitrogen and oxygen atoms in total. The smallest absolute Gasteiger partial charge is 0.268 e. The molecule has 0 unspecified atom stereocenters. The third-order valence-electron chi connectivity index (χ3n) is 4.69. The minimum atomic E-state index is -3.06. The lowest BCUT2D eigenvalue weighted by atomic mass is 10.0. The van der Waals surface area contributed by atoms with Gasteiger partial charge in [-0.25, -0.2) is 8.42 Å². The van der Waals surface area contributed by atoms with Crippen molar-refractivity contribution in [3.05, 3.63) is 48.2 Å². The van der Waals surface area contributed by atoms with E-state index in [2.05, 4.69) is 10.3 Å². The van der Waals surface area contributed by atoms with E-state index in [1.54, 1.807) is 6.92 Å². The zero-order valence-electron chi connectivity index (χ0n) is 13.3. The van der Waals surface area contributed by atoms with Gasteiger partial charge in [-0.3, -0.25) is 4.79 Å². The summed E-state index contributed by atoms with van der Waals surface area (Å²) >= 11 is 0. The maximum atomic E-state index is 12.6. The van der Waals surface area contributed by atoms with Crippen LogP contribution < -0.4 is 5.32 Å². The number of sulfone groups is 1. The third-order valence-corrected chi connectivity index (χ3v) is 6.60. The summed E-state index contributed by atoms with van der Waals surface area (Å²) in [6.45, 7) is 1.79. The predicted octanol–water partition coefficient (Wildman–Crippen LogP) is 2.63. The topological polar surface area (TPSA) is 79.0 Å². The van der Waals surface area contributed by atoms with E-state index in [-0.39, 0.29) is 17.4 Å². The van der Waals surface area contributed by atoms with Gasteiger partial charge in [-0.1, -0.05) is 30.3 Å². The number of H-pyrrole nitrogens is 1. The molecular formula is C18H18N2O3S. The Morgan fingerprint density at radius 3 is 2.71 bits per heavy atom. The summed E-state index contributed by atoms with van der Waals surface area (Å²) in [5.41, 5.74) is 0.643. The summed E-state index contributed by atoms with van der Waals surface area (Å²) in [6.07, 6.45) is 0.449. The zero-order valence-corrected chi connectivity index (χ0v) is 14.1. The molecule has 124 valence electrons. The number of fused-ring (bicyclic) bond motifs is 3. The number of nitrogens with one attached hydrogen (secondary N) is 2. The van der Waals surface area contributed by atoms with E-state index >= 15 is 0 Å². The van der Waals surface area contributed by atoms with E-state index in [9.17, 15) is 13.2 Å². The minimum Gasteiger partial charge on any atom is -0.351 e. The molecule has 1 amide bonds. The first-order chi connectivity index (χ1) is 11.4. The van der Waals surface area contributed by atoms with Crippen LogP contribution in [0.25, 0.3) is 21.7 Å². The van der Waals surface area contributed by atoms with Crippen LogP contribution in [0.1, 0.15) is 23.8 Å². The van der Waals surface area contributed by atoms with Crippen molar-refractivity contribution in [2.45, 2.75) is 18.9 Å². The van der Waals surface area contributed by atoms with Gasteiger partial charge in [0.05, 0.1) is 17.0 Å². The number of amides is 1. The fourth-order valence-corrected chi connectivity index (χ4v) is 5.55. The molecule has 2 aromatic carbocycles. The van der Waals surface area contributed by atoms with Gasteiger partial charge in [0.25, 0.3) is 5.91 Å². The van der Waals surface area contributed by atoms with Crippen LogP contribution in [0.15, 0.2) is 42.5 Å². The average Bonchev–Trinajstić information content (AvgIpc) is 3.08. The maximum absolute atomic E-state index is 12.6. The summed E-state index contributed by atoms with van der Waals surface area (Å²) in [6, 6.07) is 13.8. The number of carbonyl (C=O) groups excluding carboxylic acids is 1. The van der Waals surface area contributed by atoms with Gasteiger partial charge >= 0.3 is 0 Å². The van der Waals surface area contributed by atoms with E-state index in [1.165, 1.54) is 0 Å². The van der Waals surface area contributed by atoms with E-state index in [4.69, 9.17) is 0 Å². The van der Waals surface area contributed by atoms with Gasteiger partial charge in [0.2, 0.25) is 0 Å². The van der Waals surface area contributed by atoms with Gasteiger partial charge in [0, 0.05) is 10.9 Å². The molecule has 4 rings (SSSR count). The Balaban J connectivity index is 1.69. The Labute approximate surface area is 140 Å². The lowest BCUT2D eigenvalue weighted by molar-refractivity contribution is 0.0911. The molecule has 0 aliphatic carbocycles. The molecule has 1 aromatic heterocycles. The summed E-state index contributed by atoms with van der Waals surface area (Å²) in [5.74, 6) is -0.148. The maximum Gasteiger partial charge on any atom is 0.268 e. The molecular weight excluding hydrogens is 324 g/mol. The van der Waals surface area contributed by atoms with Crippen LogP contribution in [0.2, 0.25) is 0 Å². The number of carbonyl (C=O) groups is 1. The summed E-state index contributed by atoms with van der Waals surface area (Å²) in [4.78, 5) is 15.7. The first kappa shape index (κ1) is 15.2. The Bertz CT molecular complexity index is 1070. The van der Waals surface area contributed by atoms with Gasteiger partial charge in [-0.05, 0) is 36.2 Å². The van der Waals surface area contributed by atoms with Crippen LogP contribution >= 0.6 is 0 Å². The fourth-order valence-electron chi connectivity index (χ4n) is 3.46. The minimum absolute atomic E-state index is 0.00506. The van der Waals surface area contributed by atoms with Gasteiger partial charge in [0.15, 0.2) is 9.84 Å². The number of benzene rings is 2. The van der Waals surface area contributed by atoms with Crippen LogP contribution in [-0.2, 0) is 9.84 Å². The van der Waals surface area contributed by atoms with Crippen LogP contribution in [0.5, 0.6) is 0 Å². The number of rotatable bonds is 2. The van der Waals surface area contributed by atoms with Crippen molar-refractivity contribution in [3.8, 4) is 0 Å². The molecule has 1 aliphatic heterocycles. The lowest BCUT2D eigenvalue weighted by Crippen LogP contribution is -2.47. The second-order valence-corrected chi connectivity index (χ2v) is 8.97. The predicted molar refractivity (Wildman–Crippen MR) is 94.9 cm³/mol. The molecule has 6 heteroatoms. The first-order valence-electron chi connectivity index (χ1n) is 7.89. The van der Waals surface area contributed by atoms with Gasteiger partial charge < -0.3 is 10.3 Å². The van der Waals surface area contributed by atoms with Crippen molar-refractivity contribution in [2.75, 3.05) is 11.5 Å². The molecule has 1 aliphatic rings. The van der Waals surface area contributed by atoms with Crippen molar-refractivity contribution in [1.82, 2.24) is 10.3 Å². The highest BCUT2D eigenvalue weighted by Gasteiger charge is 2.39. The lowest BCUT2D eigenvalue weighted by Gasteiger charge is -2.23. The quantitative estimate of drug-likeness (QED) is 0.751. The average molecular weight is 342 g/mol. The largest absolute Gasteiger partial charge is 0.351 e. The van der Waals surface area contributed by atoms with Gasteiger partial charge in [0.1, 0.15) is 5.69 Å².